The first-order chi connectivity index (χ1) is 14.1. The Morgan fingerprint density at radius 1 is 1.24 bits per heavy atom. The number of fused-ring (bicyclic) bond motifs is 2. The highest BCUT2D eigenvalue weighted by Crippen LogP contribution is 2.37. The number of esters is 1. The number of thioether (sulfide) groups is 1. The average Bonchev–Trinajstić information content (AvgIpc) is 3.30. The van der Waals surface area contributed by atoms with Gasteiger partial charge in [-0.1, -0.05) is 23.5 Å². The summed E-state index contributed by atoms with van der Waals surface area (Å²) in [6, 6.07) is 10.9. The molecule has 150 valence electrons. The molecule has 0 N–H and O–H groups in total. The molecule has 29 heavy (non-hydrogen) atoms. The Hall–Kier alpha value is -2.78. The summed E-state index contributed by atoms with van der Waals surface area (Å²) in [5.41, 5.74) is 1.26. The van der Waals surface area contributed by atoms with Crippen LogP contribution in [0.3, 0.4) is 0 Å². The third kappa shape index (κ3) is 3.88. The zero-order chi connectivity index (χ0) is 20.4. The van der Waals surface area contributed by atoms with E-state index >= 15 is 0 Å². The maximum absolute atomic E-state index is 12.9. The number of nitrogens with zero attached hydrogens (tertiary/aromatic N) is 2. The number of carbonyl (C=O) groups excluding carboxylic acids is 2. The molecule has 2 heterocycles. The van der Waals surface area contributed by atoms with Crippen molar-refractivity contribution in [2.24, 2.45) is 4.99 Å². The summed E-state index contributed by atoms with van der Waals surface area (Å²) in [6.45, 7) is 2.14. The molecule has 0 spiro atoms. The summed E-state index contributed by atoms with van der Waals surface area (Å²) in [5, 5.41) is 0. The molecule has 0 aliphatic carbocycles. The molecule has 2 aromatic carbocycles. The third-order valence-electron chi connectivity index (χ3n) is 4.30. The van der Waals surface area contributed by atoms with E-state index in [1.165, 1.54) is 23.1 Å². The molecule has 0 saturated carbocycles. The Labute approximate surface area is 174 Å². The van der Waals surface area contributed by atoms with Gasteiger partial charge in [-0.15, -0.1) is 11.8 Å². The van der Waals surface area contributed by atoms with Gasteiger partial charge in [-0.25, -0.2) is 0 Å². The number of ether oxygens (including phenoxy) is 3. The van der Waals surface area contributed by atoms with Gasteiger partial charge in [0.25, 0.3) is 5.91 Å². The van der Waals surface area contributed by atoms with Gasteiger partial charge in [-0.2, -0.15) is 4.99 Å². The summed E-state index contributed by atoms with van der Waals surface area (Å²) in [6.07, 6.45) is 1.91. The SMILES string of the molecule is CCOC(=O)Cn1c(=NC(=O)c2ccccc2SC)sc2cc3c(cc21)OCO3. The molecule has 0 atom stereocenters. The van der Waals surface area contributed by atoms with Gasteiger partial charge in [-0.05, 0) is 25.3 Å². The monoisotopic (exact) mass is 430 g/mol. The molecule has 1 aliphatic heterocycles. The maximum atomic E-state index is 12.9. The fourth-order valence-corrected chi connectivity index (χ4v) is 4.63. The lowest BCUT2D eigenvalue weighted by Crippen LogP contribution is -2.23. The van der Waals surface area contributed by atoms with Gasteiger partial charge in [0.2, 0.25) is 6.79 Å². The van der Waals surface area contributed by atoms with Crippen LogP contribution in [-0.4, -0.2) is 36.1 Å². The Bertz CT molecular complexity index is 1170. The number of thiazole rings is 1. The lowest BCUT2D eigenvalue weighted by molar-refractivity contribution is -0.143. The van der Waals surface area contributed by atoms with Crippen molar-refractivity contribution in [2.45, 2.75) is 18.4 Å². The Morgan fingerprint density at radius 3 is 2.76 bits per heavy atom. The second-order valence-electron chi connectivity index (χ2n) is 6.07. The van der Waals surface area contributed by atoms with E-state index in [9.17, 15) is 9.59 Å². The lowest BCUT2D eigenvalue weighted by Gasteiger charge is -2.06. The van der Waals surface area contributed by atoms with Crippen molar-refractivity contribution in [1.29, 1.82) is 0 Å². The van der Waals surface area contributed by atoms with Crippen LogP contribution in [0.2, 0.25) is 0 Å². The van der Waals surface area contributed by atoms with Crippen LogP contribution in [0.15, 0.2) is 46.3 Å². The molecule has 1 aromatic heterocycles. The van der Waals surface area contributed by atoms with Crippen LogP contribution in [0.25, 0.3) is 10.2 Å². The molecule has 4 rings (SSSR count). The Kier molecular flexibility index (Phi) is 5.59. The van der Waals surface area contributed by atoms with Gasteiger partial charge < -0.3 is 18.8 Å². The number of hydrogen-bond acceptors (Lipinski definition) is 7. The van der Waals surface area contributed by atoms with Gasteiger partial charge in [0, 0.05) is 17.0 Å². The first kappa shape index (κ1) is 19.5. The number of aromatic nitrogens is 1. The van der Waals surface area contributed by atoms with E-state index in [0.29, 0.717) is 21.9 Å². The average molecular weight is 431 g/mol. The number of hydrogen-bond donors (Lipinski definition) is 0. The van der Waals surface area contributed by atoms with Crippen LogP contribution in [0.5, 0.6) is 11.5 Å². The Morgan fingerprint density at radius 2 is 2.00 bits per heavy atom. The zero-order valence-corrected chi connectivity index (χ0v) is 17.5. The predicted molar refractivity (Wildman–Crippen MR) is 111 cm³/mol. The summed E-state index contributed by atoms with van der Waals surface area (Å²) >= 11 is 2.80. The minimum atomic E-state index is -0.400. The van der Waals surface area contributed by atoms with Gasteiger partial charge in [0.05, 0.1) is 22.4 Å². The van der Waals surface area contributed by atoms with Crippen LogP contribution in [0.1, 0.15) is 17.3 Å². The third-order valence-corrected chi connectivity index (χ3v) is 6.14. The Balaban J connectivity index is 1.85. The molecular weight excluding hydrogens is 412 g/mol. The molecule has 1 aliphatic rings. The number of rotatable bonds is 5. The highest BCUT2D eigenvalue weighted by molar-refractivity contribution is 7.98. The molecule has 9 heteroatoms. The van der Waals surface area contributed by atoms with Crippen LogP contribution in [0, 0.1) is 0 Å². The van der Waals surface area contributed by atoms with E-state index in [2.05, 4.69) is 4.99 Å². The number of amides is 1. The standard InChI is InChI=1S/C20H18N2O5S2/c1-3-25-18(23)10-22-13-8-14-15(27-11-26-14)9-17(13)29-20(22)21-19(24)12-6-4-5-7-16(12)28-2/h4-9H,3,10-11H2,1-2H3. The van der Waals surface area contributed by atoms with Crippen molar-refractivity contribution in [3.8, 4) is 11.5 Å². The second-order valence-corrected chi connectivity index (χ2v) is 7.92. The van der Waals surface area contributed by atoms with Crippen LogP contribution < -0.4 is 14.3 Å². The minimum absolute atomic E-state index is 0.0518. The van der Waals surface area contributed by atoms with E-state index < -0.39 is 5.97 Å². The molecule has 0 saturated heterocycles. The molecule has 0 fully saturated rings. The fraction of sp³-hybridized carbons (Fsp3) is 0.250. The summed E-state index contributed by atoms with van der Waals surface area (Å²) in [4.78, 5) is 30.6. The van der Waals surface area contributed by atoms with Crippen LogP contribution in [-0.2, 0) is 16.1 Å². The van der Waals surface area contributed by atoms with Crippen LogP contribution >= 0.6 is 23.1 Å². The first-order valence-corrected chi connectivity index (χ1v) is 11.0. The van der Waals surface area contributed by atoms with E-state index in [1.807, 2.05) is 24.5 Å². The predicted octanol–water partition coefficient (Wildman–Crippen LogP) is 3.46. The summed E-state index contributed by atoms with van der Waals surface area (Å²) in [5.74, 6) is 0.466. The highest BCUT2D eigenvalue weighted by Gasteiger charge is 2.20. The molecule has 3 aromatic rings. The number of carbonyl (C=O) groups is 2. The van der Waals surface area contributed by atoms with Gasteiger partial charge in [-0.3, -0.25) is 9.59 Å². The number of benzene rings is 2. The molecule has 0 radical (unpaired) electrons. The first-order valence-electron chi connectivity index (χ1n) is 8.91. The zero-order valence-electron chi connectivity index (χ0n) is 15.8. The van der Waals surface area contributed by atoms with Crippen molar-refractivity contribution in [3.05, 3.63) is 46.8 Å². The highest BCUT2D eigenvalue weighted by atomic mass is 32.2. The van der Waals surface area contributed by atoms with Gasteiger partial charge in [0.15, 0.2) is 16.3 Å². The van der Waals surface area contributed by atoms with Gasteiger partial charge >= 0.3 is 5.97 Å². The van der Waals surface area contributed by atoms with E-state index in [0.717, 1.165) is 15.1 Å². The summed E-state index contributed by atoms with van der Waals surface area (Å²) in [7, 11) is 0. The van der Waals surface area contributed by atoms with E-state index in [4.69, 9.17) is 14.2 Å². The van der Waals surface area contributed by atoms with Gasteiger partial charge in [0.1, 0.15) is 6.54 Å². The lowest BCUT2D eigenvalue weighted by atomic mass is 10.2. The van der Waals surface area contributed by atoms with E-state index in [-0.39, 0.29) is 25.9 Å². The quantitative estimate of drug-likeness (QED) is 0.456. The van der Waals surface area contributed by atoms with Crippen molar-refractivity contribution in [2.75, 3.05) is 19.7 Å². The second kappa shape index (κ2) is 8.30. The topological polar surface area (TPSA) is 79.1 Å². The van der Waals surface area contributed by atoms with E-state index in [1.54, 1.807) is 29.7 Å². The van der Waals surface area contributed by atoms with Crippen molar-refractivity contribution in [3.63, 3.8) is 0 Å². The molecule has 1 amide bonds. The summed E-state index contributed by atoms with van der Waals surface area (Å²) < 4.78 is 18.5. The van der Waals surface area contributed by atoms with Crippen LogP contribution in [0.4, 0.5) is 0 Å². The normalized spacial score (nSPS) is 13.1. The molecule has 0 unspecified atom stereocenters. The molecular formula is C20H18N2O5S2. The smallest absolute Gasteiger partial charge is 0.326 e. The largest absolute Gasteiger partial charge is 0.465 e. The fourth-order valence-electron chi connectivity index (χ4n) is 3.00. The van der Waals surface area contributed by atoms with Crippen molar-refractivity contribution in [1.82, 2.24) is 4.57 Å². The molecule has 7 nitrogen and oxygen atoms in total. The molecule has 0 bridgehead atoms. The minimum Gasteiger partial charge on any atom is -0.465 e. The van der Waals surface area contributed by atoms with Crippen molar-refractivity contribution >= 4 is 45.2 Å². The maximum Gasteiger partial charge on any atom is 0.326 e. The van der Waals surface area contributed by atoms with Crippen molar-refractivity contribution < 1.29 is 23.8 Å².